The van der Waals surface area contributed by atoms with Crippen LogP contribution in [0.1, 0.15) is 37.8 Å². The zero-order chi connectivity index (χ0) is 18.4. The maximum Gasteiger partial charge on any atom is 0.227 e. The summed E-state index contributed by atoms with van der Waals surface area (Å²) < 4.78 is 0. The first-order valence-corrected chi connectivity index (χ1v) is 9.33. The lowest BCUT2D eigenvalue weighted by Crippen LogP contribution is -2.35. The molecule has 1 fully saturated rings. The first kappa shape index (κ1) is 19.4. The Morgan fingerprint density at radius 1 is 1.20 bits per heavy atom. The number of benzene rings is 1. The number of amides is 2. The summed E-state index contributed by atoms with van der Waals surface area (Å²) in [6.45, 7) is 12.5. The van der Waals surface area contributed by atoms with Crippen molar-refractivity contribution >= 4 is 17.5 Å². The smallest absolute Gasteiger partial charge is 0.227 e. The third-order valence-corrected chi connectivity index (χ3v) is 4.86. The first-order valence-electron chi connectivity index (χ1n) is 9.33. The third kappa shape index (κ3) is 5.30. The Kier molecular flexibility index (Phi) is 7.00. The predicted molar refractivity (Wildman–Crippen MR) is 102 cm³/mol. The summed E-state index contributed by atoms with van der Waals surface area (Å²) in [5.41, 5.74) is 3.17. The van der Waals surface area contributed by atoms with E-state index in [0.717, 1.165) is 42.9 Å². The molecule has 5 nitrogen and oxygen atoms in total. The third-order valence-electron chi connectivity index (χ3n) is 4.86. The number of carbonyl (C=O) groups is 2. The van der Waals surface area contributed by atoms with Gasteiger partial charge in [0.2, 0.25) is 11.8 Å². The molecule has 0 aromatic heterocycles. The summed E-state index contributed by atoms with van der Waals surface area (Å²) in [5.74, 6) is -0.213. The van der Waals surface area contributed by atoms with Crippen molar-refractivity contribution in [3.63, 3.8) is 0 Å². The highest BCUT2D eigenvalue weighted by Crippen LogP contribution is 2.27. The molecule has 1 N–H and O–H groups in total. The average Bonchev–Trinajstić information content (AvgIpc) is 2.96. The molecule has 1 heterocycles. The monoisotopic (exact) mass is 345 g/mol. The molecule has 0 spiro atoms. The second kappa shape index (κ2) is 8.99. The number of aryl methyl sites for hydroxylation is 2. The van der Waals surface area contributed by atoms with E-state index in [-0.39, 0.29) is 17.7 Å². The Morgan fingerprint density at radius 2 is 1.84 bits per heavy atom. The van der Waals surface area contributed by atoms with E-state index in [1.807, 2.05) is 26.0 Å². The molecule has 0 radical (unpaired) electrons. The molecule has 1 aromatic rings. The summed E-state index contributed by atoms with van der Waals surface area (Å²) >= 11 is 0. The standard InChI is InChI=1S/C20H31N3O2/c1-5-22(6-2)9-7-8-21-20(25)17-13-19(24)23(14-17)18-11-15(3)10-16(4)12-18/h10-12,17H,5-9,13-14H2,1-4H3,(H,21,25). The van der Waals surface area contributed by atoms with Gasteiger partial charge in [0.05, 0.1) is 5.92 Å². The molecular weight excluding hydrogens is 314 g/mol. The number of nitrogens with one attached hydrogen (secondary N) is 1. The lowest BCUT2D eigenvalue weighted by Gasteiger charge is -2.19. The maximum absolute atomic E-state index is 12.4. The van der Waals surface area contributed by atoms with Crippen molar-refractivity contribution in [3.8, 4) is 0 Å². The van der Waals surface area contributed by atoms with Gasteiger partial charge in [-0.15, -0.1) is 0 Å². The normalized spacial score (nSPS) is 17.4. The first-order chi connectivity index (χ1) is 11.9. The minimum Gasteiger partial charge on any atom is -0.356 e. The van der Waals surface area contributed by atoms with Crippen LogP contribution in [0, 0.1) is 19.8 Å². The molecule has 1 aliphatic rings. The van der Waals surface area contributed by atoms with Gasteiger partial charge in [0.15, 0.2) is 0 Å². The Balaban J connectivity index is 1.86. The number of nitrogens with zero attached hydrogens (tertiary/aromatic N) is 2. The zero-order valence-corrected chi connectivity index (χ0v) is 16.0. The van der Waals surface area contributed by atoms with Crippen LogP contribution in [-0.4, -0.2) is 49.4 Å². The second-order valence-electron chi connectivity index (χ2n) is 6.92. The van der Waals surface area contributed by atoms with Crippen molar-refractivity contribution in [1.82, 2.24) is 10.2 Å². The fourth-order valence-electron chi connectivity index (χ4n) is 3.44. The van der Waals surface area contributed by atoms with Crippen LogP contribution >= 0.6 is 0 Å². The van der Waals surface area contributed by atoms with Gasteiger partial charge < -0.3 is 15.1 Å². The Bertz CT molecular complexity index is 591. The molecule has 2 rings (SSSR count). The summed E-state index contributed by atoms with van der Waals surface area (Å²) in [6.07, 6.45) is 1.24. The van der Waals surface area contributed by atoms with Crippen LogP contribution < -0.4 is 10.2 Å². The molecule has 25 heavy (non-hydrogen) atoms. The van der Waals surface area contributed by atoms with E-state index in [1.165, 1.54) is 0 Å². The maximum atomic E-state index is 12.4. The number of anilines is 1. The minimum atomic E-state index is -0.248. The van der Waals surface area contributed by atoms with Gasteiger partial charge in [-0.3, -0.25) is 9.59 Å². The van der Waals surface area contributed by atoms with Crippen molar-refractivity contribution < 1.29 is 9.59 Å². The highest BCUT2D eigenvalue weighted by molar-refractivity contribution is 6.00. The zero-order valence-electron chi connectivity index (χ0n) is 16.0. The van der Waals surface area contributed by atoms with E-state index >= 15 is 0 Å². The predicted octanol–water partition coefficient (Wildman–Crippen LogP) is 2.50. The molecule has 1 atom stereocenters. The van der Waals surface area contributed by atoms with Gasteiger partial charge in [0, 0.05) is 25.2 Å². The molecule has 0 bridgehead atoms. The van der Waals surface area contributed by atoms with Crippen molar-refractivity contribution in [2.24, 2.45) is 5.92 Å². The van der Waals surface area contributed by atoms with E-state index in [4.69, 9.17) is 0 Å². The SMILES string of the molecule is CCN(CC)CCCNC(=O)C1CC(=O)N(c2cc(C)cc(C)c2)C1. The van der Waals surface area contributed by atoms with Crippen LogP contribution in [0.25, 0.3) is 0 Å². The summed E-state index contributed by atoms with van der Waals surface area (Å²) in [4.78, 5) is 28.8. The van der Waals surface area contributed by atoms with Gasteiger partial charge in [-0.1, -0.05) is 19.9 Å². The van der Waals surface area contributed by atoms with Crippen LogP contribution in [0.15, 0.2) is 18.2 Å². The number of hydrogen-bond donors (Lipinski definition) is 1. The van der Waals surface area contributed by atoms with E-state index in [0.29, 0.717) is 19.5 Å². The van der Waals surface area contributed by atoms with Crippen molar-refractivity contribution in [1.29, 1.82) is 0 Å². The average molecular weight is 345 g/mol. The van der Waals surface area contributed by atoms with Gasteiger partial charge in [-0.25, -0.2) is 0 Å². The van der Waals surface area contributed by atoms with Crippen molar-refractivity contribution in [3.05, 3.63) is 29.3 Å². The van der Waals surface area contributed by atoms with E-state index in [1.54, 1.807) is 4.90 Å². The summed E-state index contributed by atoms with van der Waals surface area (Å²) in [7, 11) is 0. The quantitative estimate of drug-likeness (QED) is 0.737. The molecule has 2 amide bonds. The van der Waals surface area contributed by atoms with Crippen LogP contribution in [0.5, 0.6) is 0 Å². The molecule has 1 aromatic carbocycles. The number of carbonyl (C=O) groups excluding carboxylic acids is 2. The van der Waals surface area contributed by atoms with E-state index in [9.17, 15) is 9.59 Å². The summed E-state index contributed by atoms with van der Waals surface area (Å²) in [5, 5.41) is 3.00. The molecule has 0 saturated carbocycles. The molecule has 1 unspecified atom stereocenters. The Morgan fingerprint density at radius 3 is 2.44 bits per heavy atom. The van der Waals surface area contributed by atoms with Gasteiger partial charge in [-0.05, 0) is 63.2 Å². The molecule has 1 aliphatic heterocycles. The highest BCUT2D eigenvalue weighted by atomic mass is 16.2. The van der Waals surface area contributed by atoms with Crippen LogP contribution in [0.4, 0.5) is 5.69 Å². The van der Waals surface area contributed by atoms with Crippen molar-refractivity contribution in [2.45, 2.75) is 40.5 Å². The van der Waals surface area contributed by atoms with Gasteiger partial charge in [-0.2, -0.15) is 0 Å². The topological polar surface area (TPSA) is 52.7 Å². The van der Waals surface area contributed by atoms with Gasteiger partial charge in [0.25, 0.3) is 0 Å². The second-order valence-corrected chi connectivity index (χ2v) is 6.92. The van der Waals surface area contributed by atoms with E-state index < -0.39 is 0 Å². The molecule has 1 saturated heterocycles. The fourth-order valence-corrected chi connectivity index (χ4v) is 3.44. The Hall–Kier alpha value is -1.88. The number of hydrogen-bond acceptors (Lipinski definition) is 3. The van der Waals surface area contributed by atoms with Crippen LogP contribution in [0.3, 0.4) is 0 Å². The number of rotatable bonds is 8. The van der Waals surface area contributed by atoms with Crippen LogP contribution in [-0.2, 0) is 9.59 Å². The Labute approximate surface area is 151 Å². The van der Waals surface area contributed by atoms with Crippen molar-refractivity contribution in [2.75, 3.05) is 37.6 Å². The lowest BCUT2D eigenvalue weighted by molar-refractivity contribution is -0.126. The largest absolute Gasteiger partial charge is 0.356 e. The van der Waals surface area contributed by atoms with Gasteiger partial charge in [0.1, 0.15) is 0 Å². The van der Waals surface area contributed by atoms with Gasteiger partial charge >= 0.3 is 0 Å². The fraction of sp³-hybridized carbons (Fsp3) is 0.600. The minimum absolute atomic E-state index is 0.000211. The van der Waals surface area contributed by atoms with E-state index in [2.05, 4.69) is 30.1 Å². The molecule has 138 valence electrons. The summed E-state index contributed by atoms with van der Waals surface area (Å²) in [6, 6.07) is 6.11. The molecule has 0 aliphatic carbocycles. The molecular formula is C20H31N3O2. The highest BCUT2D eigenvalue weighted by Gasteiger charge is 2.35. The van der Waals surface area contributed by atoms with Crippen LogP contribution in [0.2, 0.25) is 0 Å². The molecule has 5 heteroatoms. The lowest BCUT2D eigenvalue weighted by atomic mass is 10.1.